The lowest BCUT2D eigenvalue weighted by Crippen LogP contribution is -2.37. The van der Waals surface area contributed by atoms with Crippen LogP contribution in [0.25, 0.3) is 0 Å². The molecule has 1 saturated carbocycles. The lowest BCUT2D eigenvalue weighted by Gasteiger charge is -2.25. The summed E-state index contributed by atoms with van der Waals surface area (Å²) in [5.74, 6) is 1.31. The lowest BCUT2D eigenvalue weighted by atomic mass is 9.91. The maximum atomic E-state index is 12.8. The Labute approximate surface area is 124 Å². The highest BCUT2D eigenvalue weighted by molar-refractivity contribution is 5.26. The number of nitrogens with one attached hydrogen (secondary N) is 1. The van der Waals surface area contributed by atoms with E-state index in [1.54, 1.807) is 6.07 Å². The fraction of sp³-hybridized carbons (Fsp3) is 0.647. The summed E-state index contributed by atoms with van der Waals surface area (Å²) in [6.07, 6.45) is 0.00425. The SMILES string of the molecule is CCNC(Cc1cccc(C(F)(F)F)c1)C1CCC(C)C1. The van der Waals surface area contributed by atoms with Gasteiger partial charge in [-0.3, -0.25) is 0 Å². The topological polar surface area (TPSA) is 12.0 Å². The van der Waals surface area contributed by atoms with E-state index in [1.165, 1.54) is 31.4 Å². The minimum Gasteiger partial charge on any atom is -0.314 e. The first-order valence-electron chi connectivity index (χ1n) is 7.79. The van der Waals surface area contributed by atoms with E-state index in [9.17, 15) is 13.2 Å². The molecule has 0 saturated heterocycles. The highest BCUT2D eigenvalue weighted by Crippen LogP contribution is 2.34. The summed E-state index contributed by atoms with van der Waals surface area (Å²) in [6, 6.07) is 6.03. The van der Waals surface area contributed by atoms with Crippen molar-refractivity contribution in [2.75, 3.05) is 6.54 Å². The molecule has 2 rings (SSSR count). The van der Waals surface area contributed by atoms with Crippen molar-refractivity contribution in [2.24, 2.45) is 11.8 Å². The van der Waals surface area contributed by atoms with Gasteiger partial charge in [-0.2, -0.15) is 13.2 Å². The van der Waals surface area contributed by atoms with E-state index in [1.807, 2.05) is 0 Å². The number of alkyl halides is 3. The van der Waals surface area contributed by atoms with Gasteiger partial charge in [0.05, 0.1) is 5.56 Å². The first-order chi connectivity index (χ1) is 9.90. The number of hydrogen-bond donors (Lipinski definition) is 1. The Kier molecular flexibility index (Phi) is 5.31. The molecule has 0 spiro atoms. The molecule has 21 heavy (non-hydrogen) atoms. The quantitative estimate of drug-likeness (QED) is 0.833. The van der Waals surface area contributed by atoms with Gasteiger partial charge in [-0.1, -0.05) is 38.5 Å². The van der Waals surface area contributed by atoms with E-state index in [2.05, 4.69) is 19.2 Å². The largest absolute Gasteiger partial charge is 0.416 e. The van der Waals surface area contributed by atoms with Crippen LogP contribution in [0, 0.1) is 11.8 Å². The minimum absolute atomic E-state index is 0.281. The molecule has 1 fully saturated rings. The molecule has 1 nitrogen and oxygen atoms in total. The molecular formula is C17H24F3N. The fourth-order valence-corrected chi connectivity index (χ4v) is 3.41. The third-order valence-electron chi connectivity index (χ3n) is 4.48. The van der Waals surface area contributed by atoms with Gasteiger partial charge in [0, 0.05) is 6.04 Å². The summed E-state index contributed by atoms with van der Waals surface area (Å²) >= 11 is 0. The lowest BCUT2D eigenvalue weighted by molar-refractivity contribution is -0.137. The van der Waals surface area contributed by atoms with Crippen molar-refractivity contribution < 1.29 is 13.2 Å². The molecule has 0 aliphatic heterocycles. The predicted octanol–water partition coefficient (Wildman–Crippen LogP) is 4.66. The smallest absolute Gasteiger partial charge is 0.314 e. The zero-order chi connectivity index (χ0) is 15.5. The van der Waals surface area contributed by atoms with E-state index < -0.39 is 11.7 Å². The molecule has 1 aromatic rings. The maximum absolute atomic E-state index is 12.8. The molecule has 0 amide bonds. The Hall–Kier alpha value is -1.03. The zero-order valence-corrected chi connectivity index (χ0v) is 12.7. The van der Waals surface area contributed by atoms with Crippen LogP contribution in [0.1, 0.15) is 44.2 Å². The molecule has 1 aliphatic rings. The van der Waals surface area contributed by atoms with Gasteiger partial charge in [-0.15, -0.1) is 0 Å². The average molecular weight is 299 g/mol. The van der Waals surface area contributed by atoms with Crippen molar-refractivity contribution >= 4 is 0 Å². The summed E-state index contributed by atoms with van der Waals surface area (Å²) in [6.45, 7) is 5.17. The van der Waals surface area contributed by atoms with Gasteiger partial charge in [0.2, 0.25) is 0 Å². The van der Waals surface area contributed by atoms with Crippen LogP contribution in [0.5, 0.6) is 0 Å². The highest BCUT2D eigenvalue weighted by Gasteiger charge is 2.31. The number of halogens is 3. The molecule has 3 atom stereocenters. The summed E-state index contributed by atoms with van der Waals surface area (Å²) in [5, 5.41) is 3.47. The van der Waals surface area contributed by atoms with E-state index >= 15 is 0 Å². The molecule has 1 aromatic carbocycles. The number of benzene rings is 1. The fourth-order valence-electron chi connectivity index (χ4n) is 3.41. The predicted molar refractivity (Wildman–Crippen MR) is 79.1 cm³/mol. The van der Waals surface area contributed by atoms with Gasteiger partial charge in [-0.05, 0) is 49.3 Å². The second-order valence-corrected chi connectivity index (χ2v) is 6.24. The van der Waals surface area contributed by atoms with Crippen molar-refractivity contribution in [3.05, 3.63) is 35.4 Å². The first-order valence-corrected chi connectivity index (χ1v) is 7.79. The Bertz CT molecular complexity index is 456. The van der Waals surface area contributed by atoms with Crippen molar-refractivity contribution in [1.29, 1.82) is 0 Å². The van der Waals surface area contributed by atoms with Crippen LogP contribution in [0.3, 0.4) is 0 Å². The van der Waals surface area contributed by atoms with E-state index in [-0.39, 0.29) is 6.04 Å². The number of rotatable bonds is 5. The summed E-state index contributed by atoms with van der Waals surface area (Å²) in [4.78, 5) is 0. The molecular weight excluding hydrogens is 275 g/mol. The van der Waals surface area contributed by atoms with Crippen LogP contribution in [0.2, 0.25) is 0 Å². The second-order valence-electron chi connectivity index (χ2n) is 6.24. The van der Waals surface area contributed by atoms with E-state index in [0.717, 1.165) is 24.1 Å². The Morgan fingerprint density at radius 2 is 2.05 bits per heavy atom. The number of likely N-dealkylation sites (N-methyl/N-ethyl adjacent to an activating group) is 1. The molecule has 0 aromatic heterocycles. The maximum Gasteiger partial charge on any atom is 0.416 e. The zero-order valence-electron chi connectivity index (χ0n) is 12.7. The summed E-state index contributed by atoms with van der Waals surface area (Å²) < 4.78 is 38.4. The van der Waals surface area contributed by atoms with Gasteiger partial charge >= 0.3 is 6.18 Å². The van der Waals surface area contributed by atoms with E-state index in [0.29, 0.717) is 12.3 Å². The molecule has 0 radical (unpaired) electrons. The monoisotopic (exact) mass is 299 g/mol. The molecule has 1 aliphatic carbocycles. The third-order valence-corrected chi connectivity index (χ3v) is 4.48. The van der Waals surface area contributed by atoms with Crippen LogP contribution >= 0.6 is 0 Å². The van der Waals surface area contributed by atoms with Gasteiger partial charge in [0.1, 0.15) is 0 Å². The van der Waals surface area contributed by atoms with Gasteiger partial charge in [0.15, 0.2) is 0 Å². The average Bonchev–Trinajstić information content (AvgIpc) is 2.84. The van der Waals surface area contributed by atoms with Crippen LogP contribution in [-0.4, -0.2) is 12.6 Å². The number of hydrogen-bond acceptors (Lipinski definition) is 1. The van der Waals surface area contributed by atoms with Crippen LogP contribution in [-0.2, 0) is 12.6 Å². The standard InChI is InChI=1S/C17H24F3N/c1-3-21-16(14-8-7-12(2)9-14)11-13-5-4-6-15(10-13)17(18,19)20/h4-6,10,12,14,16,21H,3,7-9,11H2,1-2H3. The Morgan fingerprint density at radius 3 is 2.62 bits per heavy atom. The Morgan fingerprint density at radius 1 is 1.29 bits per heavy atom. The molecule has 4 heteroatoms. The molecule has 0 heterocycles. The third kappa shape index (κ3) is 4.47. The van der Waals surface area contributed by atoms with Crippen molar-refractivity contribution in [3.8, 4) is 0 Å². The van der Waals surface area contributed by atoms with Gasteiger partial charge < -0.3 is 5.32 Å². The second kappa shape index (κ2) is 6.82. The molecule has 118 valence electrons. The molecule has 3 unspecified atom stereocenters. The minimum atomic E-state index is -4.26. The molecule has 1 N–H and O–H groups in total. The van der Waals surface area contributed by atoms with Gasteiger partial charge in [0.25, 0.3) is 0 Å². The van der Waals surface area contributed by atoms with Crippen LogP contribution in [0.15, 0.2) is 24.3 Å². The molecule has 0 bridgehead atoms. The van der Waals surface area contributed by atoms with E-state index in [4.69, 9.17) is 0 Å². The normalized spacial score (nSPS) is 24.2. The van der Waals surface area contributed by atoms with Crippen molar-refractivity contribution in [2.45, 2.75) is 51.7 Å². The van der Waals surface area contributed by atoms with Gasteiger partial charge in [-0.25, -0.2) is 0 Å². The first kappa shape index (κ1) is 16.3. The van der Waals surface area contributed by atoms with Crippen molar-refractivity contribution in [3.63, 3.8) is 0 Å². The Balaban J connectivity index is 2.10. The summed E-state index contributed by atoms with van der Waals surface area (Å²) in [5.41, 5.74) is 0.227. The summed E-state index contributed by atoms with van der Waals surface area (Å²) in [7, 11) is 0. The van der Waals surface area contributed by atoms with Crippen molar-refractivity contribution in [1.82, 2.24) is 5.32 Å². The van der Waals surface area contributed by atoms with Crippen LogP contribution in [0.4, 0.5) is 13.2 Å². The van der Waals surface area contributed by atoms with Crippen LogP contribution < -0.4 is 5.32 Å². The highest BCUT2D eigenvalue weighted by atomic mass is 19.4.